The molecule has 6 heteroatoms. The first kappa shape index (κ1) is 20.5. The highest BCUT2D eigenvalue weighted by molar-refractivity contribution is 6.38. The standard InChI is InChI=1S/C21H27Cl2NO3/c1-11(2)16-13(22)9-12-18(17(16)23)24(5)15(25)10-14-20(12,3)7-6-8-21(14,4)19(26)27/h9,11,14H,6-8,10H2,1-5H3,(H,26,27)/t14-,20-,21-/m1/s1. The molecule has 2 aliphatic rings. The van der Waals surface area contributed by atoms with Crippen molar-refractivity contribution in [1.29, 1.82) is 0 Å². The van der Waals surface area contributed by atoms with Gasteiger partial charge in [0, 0.05) is 18.5 Å². The van der Waals surface area contributed by atoms with E-state index < -0.39 is 16.8 Å². The van der Waals surface area contributed by atoms with Crippen LogP contribution < -0.4 is 4.90 Å². The number of carboxylic acid groups (broad SMARTS) is 1. The van der Waals surface area contributed by atoms with Crippen LogP contribution in [-0.4, -0.2) is 24.0 Å². The fourth-order valence-corrected chi connectivity index (χ4v) is 6.27. The number of fused-ring (bicyclic) bond motifs is 3. The van der Waals surface area contributed by atoms with Crippen molar-refractivity contribution < 1.29 is 14.7 Å². The van der Waals surface area contributed by atoms with Crippen LogP contribution in [0.4, 0.5) is 5.69 Å². The maximum atomic E-state index is 13.0. The lowest BCUT2D eigenvalue weighted by Crippen LogP contribution is -2.50. The highest BCUT2D eigenvalue weighted by Crippen LogP contribution is 2.59. The Morgan fingerprint density at radius 3 is 2.48 bits per heavy atom. The maximum absolute atomic E-state index is 13.0. The summed E-state index contributed by atoms with van der Waals surface area (Å²) in [6, 6.07) is 1.92. The Morgan fingerprint density at radius 2 is 1.93 bits per heavy atom. The van der Waals surface area contributed by atoms with Crippen molar-refractivity contribution >= 4 is 40.8 Å². The number of aliphatic carboxylic acids is 1. The topological polar surface area (TPSA) is 57.6 Å². The Labute approximate surface area is 170 Å². The van der Waals surface area contributed by atoms with E-state index in [2.05, 4.69) is 6.92 Å². The van der Waals surface area contributed by atoms with Crippen molar-refractivity contribution in [2.45, 2.75) is 64.7 Å². The number of halogens is 2. The molecule has 148 valence electrons. The molecule has 1 aromatic rings. The molecule has 1 amide bonds. The summed E-state index contributed by atoms with van der Waals surface area (Å²) in [4.78, 5) is 26.8. The van der Waals surface area contributed by atoms with Crippen molar-refractivity contribution in [3.05, 3.63) is 27.2 Å². The SMILES string of the molecule is CC(C)c1c(Cl)cc2c(c1Cl)N(C)C(=O)C[C@H]1[C@](C)(C(=O)O)CCC[C@]21C. The van der Waals surface area contributed by atoms with Crippen LogP contribution in [0.3, 0.4) is 0 Å². The Bertz CT molecular complexity index is 822. The van der Waals surface area contributed by atoms with Crippen LogP contribution in [0.2, 0.25) is 10.0 Å². The molecular formula is C21H27Cl2NO3. The molecule has 0 saturated heterocycles. The van der Waals surface area contributed by atoms with Crippen molar-refractivity contribution in [3.8, 4) is 0 Å². The zero-order chi connectivity index (χ0) is 20.3. The number of benzene rings is 1. The van der Waals surface area contributed by atoms with Gasteiger partial charge in [0.2, 0.25) is 5.91 Å². The molecule has 0 aromatic heterocycles. The van der Waals surface area contributed by atoms with Crippen LogP contribution in [0.15, 0.2) is 6.07 Å². The molecule has 1 fully saturated rings. The molecule has 3 atom stereocenters. The van der Waals surface area contributed by atoms with E-state index in [0.29, 0.717) is 22.2 Å². The van der Waals surface area contributed by atoms with Gasteiger partial charge in [0.05, 0.1) is 16.1 Å². The fraction of sp³-hybridized carbons (Fsp3) is 0.619. The maximum Gasteiger partial charge on any atom is 0.309 e. The normalized spacial score (nSPS) is 30.7. The van der Waals surface area contributed by atoms with E-state index in [-0.39, 0.29) is 24.2 Å². The van der Waals surface area contributed by atoms with Gasteiger partial charge in [-0.3, -0.25) is 9.59 Å². The highest BCUT2D eigenvalue weighted by Gasteiger charge is 2.56. The largest absolute Gasteiger partial charge is 0.481 e. The third-order valence-electron chi connectivity index (χ3n) is 6.93. The Kier molecular flexibility index (Phi) is 5.05. The van der Waals surface area contributed by atoms with Gasteiger partial charge in [-0.1, -0.05) is 50.4 Å². The zero-order valence-electron chi connectivity index (χ0n) is 16.5. The van der Waals surface area contributed by atoms with Crippen LogP contribution in [-0.2, 0) is 15.0 Å². The molecule has 0 radical (unpaired) electrons. The number of carbonyl (C=O) groups excluding carboxylic acids is 1. The first-order chi connectivity index (χ1) is 12.4. The molecule has 0 bridgehead atoms. The molecule has 27 heavy (non-hydrogen) atoms. The highest BCUT2D eigenvalue weighted by atomic mass is 35.5. The van der Waals surface area contributed by atoms with Crippen LogP contribution >= 0.6 is 23.2 Å². The zero-order valence-corrected chi connectivity index (χ0v) is 18.0. The lowest BCUT2D eigenvalue weighted by Gasteiger charge is -2.49. The summed E-state index contributed by atoms with van der Waals surface area (Å²) in [6.45, 7) is 7.89. The van der Waals surface area contributed by atoms with Gasteiger partial charge in [-0.25, -0.2) is 0 Å². The average Bonchev–Trinajstić information content (AvgIpc) is 2.64. The summed E-state index contributed by atoms with van der Waals surface area (Å²) < 4.78 is 0. The number of carboxylic acids is 1. The van der Waals surface area contributed by atoms with E-state index in [0.717, 1.165) is 24.0 Å². The van der Waals surface area contributed by atoms with Crippen molar-refractivity contribution in [2.75, 3.05) is 11.9 Å². The van der Waals surface area contributed by atoms with E-state index in [1.165, 1.54) is 0 Å². The van der Waals surface area contributed by atoms with Gasteiger partial charge >= 0.3 is 5.97 Å². The van der Waals surface area contributed by atoms with Gasteiger partial charge in [-0.05, 0) is 54.2 Å². The van der Waals surface area contributed by atoms with Crippen LogP contribution in [0, 0.1) is 11.3 Å². The third-order valence-corrected chi connectivity index (χ3v) is 7.62. The van der Waals surface area contributed by atoms with E-state index in [4.69, 9.17) is 23.2 Å². The minimum atomic E-state index is -0.958. The second-order valence-corrected chi connectivity index (χ2v) is 9.63. The molecule has 4 nitrogen and oxygen atoms in total. The summed E-state index contributed by atoms with van der Waals surface area (Å²) in [5.74, 6) is -1.14. The van der Waals surface area contributed by atoms with E-state index in [1.807, 2.05) is 19.9 Å². The number of nitrogens with zero attached hydrogens (tertiary/aromatic N) is 1. The molecule has 1 aliphatic heterocycles. The van der Waals surface area contributed by atoms with Crippen LogP contribution in [0.1, 0.15) is 70.4 Å². The number of hydrogen-bond acceptors (Lipinski definition) is 2. The summed E-state index contributed by atoms with van der Waals surface area (Å²) in [5.41, 5.74) is 0.975. The number of anilines is 1. The molecule has 0 spiro atoms. The Morgan fingerprint density at radius 1 is 1.30 bits per heavy atom. The quantitative estimate of drug-likeness (QED) is 0.685. The van der Waals surface area contributed by atoms with Crippen LogP contribution in [0.25, 0.3) is 0 Å². The molecule has 1 N–H and O–H groups in total. The Hall–Kier alpha value is -1.26. The van der Waals surface area contributed by atoms with E-state index >= 15 is 0 Å². The van der Waals surface area contributed by atoms with E-state index in [1.54, 1.807) is 18.9 Å². The second kappa shape index (κ2) is 6.66. The number of rotatable bonds is 2. The number of carbonyl (C=O) groups is 2. The van der Waals surface area contributed by atoms with Gasteiger partial charge < -0.3 is 10.0 Å². The van der Waals surface area contributed by atoms with Gasteiger partial charge in [-0.15, -0.1) is 0 Å². The summed E-state index contributed by atoms with van der Waals surface area (Å²) in [5, 5.41) is 11.1. The fourth-order valence-electron chi connectivity index (χ4n) is 5.26. The van der Waals surface area contributed by atoms with Gasteiger partial charge in [-0.2, -0.15) is 0 Å². The van der Waals surface area contributed by atoms with Crippen molar-refractivity contribution in [2.24, 2.45) is 11.3 Å². The summed E-state index contributed by atoms with van der Waals surface area (Å²) >= 11 is 13.4. The molecule has 1 aromatic carbocycles. The molecule has 1 heterocycles. The van der Waals surface area contributed by atoms with E-state index in [9.17, 15) is 14.7 Å². The molecule has 3 rings (SSSR count). The monoisotopic (exact) mass is 411 g/mol. The first-order valence-electron chi connectivity index (χ1n) is 9.47. The molecule has 1 aliphatic carbocycles. The lowest BCUT2D eigenvalue weighted by molar-refractivity contribution is -0.157. The predicted molar refractivity (Wildman–Crippen MR) is 109 cm³/mol. The predicted octanol–water partition coefficient (Wildman–Crippen LogP) is 5.63. The summed E-state index contributed by atoms with van der Waals surface area (Å²) in [7, 11) is 1.73. The lowest BCUT2D eigenvalue weighted by atomic mass is 9.53. The molecule has 0 unspecified atom stereocenters. The average molecular weight is 412 g/mol. The number of amides is 1. The molecular weight excluding hydrogens is 385 g/mol. The smallest absolute Gasteiger partial charge is 0.309 e. The minimum Gasteiger partial charge on any atom is -0.481 e. The summed E-state index contributed by atoms with van der Waals surface area (Å²) in [6.07, 6.45) is 2.35. The van der Waals surface area contributed by atoms with Gasteiger partial charge in [0.25, 0.3) is 0 Å². The Balaban J connectivity index is 2.35. The second-order valence-electron chi connectivity index (χ2n) is 8.84. The van der Waals surface area contributed by atoms with Crippen LogP contribution in [0.5, 0.6) is 0 Å². The minimum absolute atomic E-state index is 0.0988. The van der Waals surface area contributed by atoms with Gasteiger partial charge in [0.1, 0.15) is 0 Å². The molecule has 1 saturated carbocycles. The van der Waals surface area contributed by atoms with Crippen molar-refractivity contribution in [1.82, 2.24) is 0 Å². The number of hydrogen-bond donors (Lipinski definition) is 1. The third kappa shape index (κ3) is 2.87. The van der Waals surface area contributed by atoms with Gasteiger partial charge in [0.15, 0.2) is 0 Å². The van der Waals surface area contributed by atoms with Crippen molar-refractivity contribution in [3.63, 3.8) is 0 Å². The first-order valence-corrected chi connectivity index (χ1v) is 10.2.